The topological polar surface area (TPSA) is 38.7 Å². The second-order valence-electron chi connectivity index (χ2n) is 3.92. The van der Waals surface area contributed by atoms with Gasteiger partial charge in [0.15, 0.2) is 11.6 Å². The number of hydrogen-bond acceptors (Lipinski definition) is 3. The third-order valence-corrected chi connectivity index (χ3v) is 2.92. The largest absolute Gasteiger partial charge is 0.505 e. The van der Waals surface area contributed by atoms with E-state index < -0.39 is 5.82 Å². The number of methoxy groups -OCH3 is 1. The third kappa shape index (κ3) is 2.18. The van der Waals surface area contributed by atoms with Gasteiger partial charge < -0.3 is 14.6 Å². The van der Waals surface area contributed by atoms with Gasteiger partial charge in [-0.15, -0.1) is 0 Å². The maximum atomic E-state index is 13.6. The second-order valence-corrected chi connectivity index (χ2v) is 3.92. The van der Waals surface area contributed by atoms with E-state index in [4.69, 9.17) is 9.47 Å². The highest BCUT2D eigenvalue weighted by atomic mass is 19.1. The molecule has 1 saturated heterocycles. The van der Waals surface area contributed by atoms with Crippen molar-refractivity contribution in [2.45, 2.75) is 25.0 Å². The van der Waals surface area contributed by atoms with Crippen molar-refractivity contribution in [1.82, 2.24) is 0 Å². The Hall–Kier alpha value is -1.13. The fourth-order valence-corrected chi connectivity index (χ4v) is 1.98. The van der Waals surface area contributed by atoms with E-state index >= 15 is 0 Å². The molecule has 1 aliphatic rings. The van der Waals surface area contributed by atoms with E-state index in [-0.39, 0.29) is 18.0 Å². The van der Waals surface area contributed by atoms with Crippen molar-refractivity contribution in [3.05, 3.63) is 29.6 Å². The first-order valence-corrected chi connectivity index (χ1v) is 5.34. The minimum atomic E-state index is -0.593. The van der Waals surface area contributed by atoms with Crippen LogP contribution in [0.3, 0.4) is 0 Å². The predicted octanol–water partition coefficient (Wildman–Crippen LogP) is 2.40. The van der Waals surface area contributed by atoms with Crippen molar-refractivity contribution < 1.29 is 19.0 Å². The van der Waals surface area contributed by atoms with Gasteiger partial charge in [0.25, 0.3) is 0 Å². The van der Waals surface area contributed by atoms with Crippen molar-refractivity contribution in [2.24, 2.45) is 0 Å². The molecule has 0 saturated carbocycles. The number of halogens is 1. The Labute approximate surface area is 93.8 Å². The highest BCUT2D eigenvalue weighted by molar-refractivity contribution is 5.31. The second kappa shape index (κ2) is 4.80. The first-order valence-electron chi connectivity index (χ1n) is 5.34. The summed E-state index contributed by atoms with van der Waals surface area (Å²) in [6.45, 7) is 0.554. The predicted molar refractivity (Wildman–Crippen MR) is 56.8 cm³/mol. The van der Waals surface area contributed by atoms with Crippen molar-refractivity contribution in [1.29, 1.82) is 0 Å². The van der Waals surface area contributed by atoms with Gasteiger partial charge in [-0.1, -0.05) is 12.1 Å². The molecule has 1 fully saturated rings. The lowest BCUT2D eigenvalue weighted by Crippen LogP contribution is -2.25. The van der Waals surface area contributed by atoms with Crippen LogP contribution in [0.15, 0.2) is 18.2 Å². The molecular weight excluding hydrogens is 211 g/mol. The summed E-state index contributed by atoms with van der Waals surface area (Å²) >= 11 is 0. The normalized spacial score (nSPS) is 25.6. The van der Waals surface area contributed by atoms with Gasteiger partial charge in [-0.05, 0) is 12.5 Å². The smallest absolute Gasteiger partial charge is 0.170 e. The van der Waals surface area contributed by atoms with Gasteiger partial charge in [0, 0.05) is 25.7 Å². The Morgan fingerprint density at radius 1 is 1.50 bits per heavy atom. The van der Waals surface area contributed by atoms with Crippen molar-refractivity contribution in [3.8, 4) is 5.75 Å². The van der Waals surface area contributed by atoms with Gasteiger partial charge in [-0.25, -0.2) is 4.39 Å². The summed E-state index contributed by atoms with van der Waals surface area (Å²) in [6, 6.07) is 4.58. The third-order valence-electron chi connectivity index (χ3n) is 2.92. The molecule has 3 nitrogen and oxygen atoms in total. The fraction of sp³-hybridized carbons (Fsp3) is 0.500. The zero-order valence-corrected chi connectivity index (χ0v) is 9.15. The lowest BCUT2D eigenvalue weighted by molar-refractivity contribution is -0.0611. The van der Waals surface area contributed by atoms with Crippen molar-refractivity contribution in [3.63, 3.8) is 0 Å². The van der Waals surface area contributed by atoms with Crippen molar-refractivity contribution in [2.75, 3.05) is 13.7 Å². The van der Waals surface area contributed by atoms with E-state index in [1.165, 1.54) is 6.07 Å². The molecule has 1 N–H and O–H groups in total. The van der Waals surface area contributed by atoms with Gasteiger partial charge in [-0.2, -0.15) is 0 Å². The molecule has 88 valence electrons. The highest BCUT2D eigenvalue weighted by Gasteiger charge is 2.26. The van der Waals surface area contributed by atoms with Gasteiger partial charge in [-0.3, -0.25) is 0 Å². The number of rotatable bonds is 2. The molecule has 0 aromatic heterocycles. The van der Waals surface area contributed by atoms with Crippen LogP contribution in [0.5, 0.6) is 5.75 Å². The Bertz CT molecular complexity index is 367. The van der Waals surface area contributed by atoms with Gasteiger partial charge in [0.05, 0.1) is 12.2 Å². The van der Waals surface area contributed by atoms with E-state index in [0.29, 0.717) is 18.6 Å². The molecule has 16 heavy (non-hydrogen) atoms. The van der Waals surface area contributed by atoms with Crippen LogP contribution in [0.1, 0.15) is 24.5 Å². The zero-order valence-electron chi connectivity index (χ0n) is 9.15. The molecule has 1 aromatic carbocycles. The molecule has 2 atom stereocenters. The Morgan fingerprint density at radius 2 is 2.31 bits per heavy atom. The van der Waals surface area contributed by atoms with Crippen molar-refractivity contribution >= 4 is 0 Å². The molecule has 2 rings (SSSR count). The molecule has 0 radical (unpaired) electrons. The zero-order chi connectivity index (χ0) is 11.5. The lowest BCUT2D eigenvalue weighted by Gasteiger charge is -2.29. The van der Waals surface area contributed by atoms with Gasteiger partial charge >= 0.3 is 0 Å². The number of phenolic OH excluding ortho intramolecular Hbond substituents is 1. The van der Waals surface area contributed by atoms with Crippen LogP contribution in [0.4, 0.5) is 4.39 Å². The minimum absolute atomic E-state index is 0.0977. The summed E-state index contributed by atoms with van der Waals surface area (Å²) in [4.78, 5) is 0. The summed E-state index contributed by atoms with van der Waals surface area (Å²) in [7, 11) is 1.64. The lowest BCUT2D eigenvalue weighted by atomic mass is 9.98. The average Bonchev–Trinajstić information content (AvgIpc) is 2.33. The number of ether oxygens (including phenoxy) is 2. The SMILES string of the molecule is COC1CCOC(c2cccc(O)c2F)C1. The summed E-state index contributed by atoms with van der Waals surface area (Å²) in [5, 5.41) is 9.29. The summed E-state index contributed by atoms with van der Waals surface area (Å²) in [5.74, 6) is -0.926. The monoisotopic (exact) mass is 226 g/mol. The molecule has 0 bridgehead atoms. The van der Waals surface area contributed by atoms with Crippen LogP contribution in [0.2, 0.25) is 0 Å². The van der Waals surface area contributed by atoms with E-state index in [0.717, 1.165) is 6.42 Å². The van der Waals surface area contributed by atoms with Crippen LogP contribution in [0, 0.1) is 5.82 Å². The van der Waals surface area contributed by atoms with E-state index in [1.54, 1.807) is 19.2 Å². The number of benzene rings is 1. The first-order chi connectivity index (χ1) is 7.72. The molecule has 1 heterocycles. The van der Waals surface area contributed by atoms with Crippen LogP contribution in [-0.4, -0.2) is 24.9 Å². The van der Waals surface area contributed by atoms with Gasteiger partial charge in [0.1, 0.15) is 0 Å². The molecule has 1 aliphatic heterocycles. The number of phenols is 1. The summed E-state index contributed by atoms with van der Waals surface area (Å²) < 4.78 is 24.4. The van der Waals surface area contributed by atoms with Crippen LogP contribution < -0.4 is 0 Å². The minimum Gasteiger partial charge on any atom is -0.505 e. The first kappa shape index (κ1) is 11.4. The Balaban J connectivity index is 2.20. The molecular formula is C12H15FO3. The van der Waals surface area contributed by atoms with Crippen LogP contribution in [-0.2, 0) is 9.47 Å². The quantitative estimate of drug-likeness (QED) is 0.841. The fourth-order valence-electron chi connectivity index (χ4n) is 1.98. The number of aromatic hydroxyl groups is 1. The highest BCUT2D eigenvalue weighted by Crippen LogP contribution is 2.33. The van der Waals surface area contributed by atoms with E-state index in [2.05, 4.69) is 0 Å². The van der Waals surface area contributed by atoms with Gasteiger partial charge in [0.2, 0.25) is 0 Å². The molecule has 4 heteroatoms. The molecule has 1 aromatic rings. The summed E-state index contributed by atoms with van der Waals surface area (Å²) in [5.41, 5.74) is 0.404. The maximum absolute atomic E-state index is 13.6. The molecule has 0 amide bonds. The maximum Gasteiger partial charge on any atom is 0.170 e. The summed E-state index contributed by atoms with van der Waals surface area (Å²) in [6.07, 6.45) is 1.22. The molecule has 0 aliphatic carbocycles. The Morgan fingerprint density at radius 3 is 3.06 bits per heavy atom. The van der Waals surface area contributed by atoms with E-state index in [9.17, 15) is 9.50 Å². The number of hydrogen-bond donors (Lipinski definition) is 1. The Kier molecular flexibility index (Phi) is 3.41. The average molecular weight is 226 g/mol. The molecule has 0 spiro atoms. The standard InChI is InChI=1S/C12H15FO3/c1-15-8-5-6-16-11(7-8)9-3-2-4-10(14)12(9)13/h2-4,8,11,14H,5-7H2,1H3. The van der Waals surface area contributed by atoms with Crippen LogP contribution in [0.25, 0.3) is 0 Å². The van der Waals surface area contributed by atoms with Crippen LogP contribution >= 0.6 is 0 Å². The molecule has 2 unspecified atom stereocenters. The van der Waals surface area contributed by atoms with E-state index in [1.807, 2.05) is 0 Å².